The molecule has 6 heteroatoms. The molecular formula is C10H10F3NO2. The average Bonchev–Trinajstić information content (AvgIpc) is 2.18. The Morgan fingerprint density at radius 1 is 1.38 bits per heavy atom. The van der Waals surface area contributed by atoms with Gasteiger partial charge < -0.3 is 10.4 Å². The van der Waals surface area contributed by atoms with Crippen LogP contribution in [0, 0.1) is 17.5 Å². The van der Waals surface area contributed by atoms with E-state index in [1.165, 1.54) is 6.92 Å². The van der Waals surface area contributed by atoms with Gasteiger partial charge in [0.1, 0.15) is 0 Å². The van der Waals surface area contributed by atoms with E-state index in [2.05, 4.69) is 5.32 Å². The van der Waals surface area contributed by atoms with E-state index in [-0.39, 0.29) is 12.1 Å². The summed E-state index contributed by atoms with van der Waals surface area (Å²) >= 11 is 0. The van der Waals surface area contributed by atoms with Gasteiger partial charge in [0, 0.05) is 6.04 Å². The number of rotatable bonds is 4. The van der Waals surface area contributed by atoms with Crippen LogP contribution in [0.1, 0.15) is 13.3 Å². The van der Waals surface area contributed by atoms with Crippen molar-refractivity contribution in [2.75, 3.05) is 5.32 Å². The number of anilines is 1. The van der Waals surface area contributed by atoms with E-state index in [1.807, 2.05) is 0 Å². The molecule has 0 saturated carbocycles. The topological polar surface area (TPSA) is 49.3 Å². The van der Waals surface area contributed by atoms with Crippen LogP contribution in [0.2, 0.25) is 0 Å². The molecule has 1 atom stereocenters. The molecular weight excluding hydrogens is 223 g/mol. The van der Waals surface area contributed by atoms with Crippen LogP contribution in [0.5, 0.6) is 0 Å². The Kier molecular flexibility index (Phi) is 3.76. The summed E-state index contributed by atoms with van der Waals surface area (Å²) in [5.41, 5.74) is -0.257. The van der Waals surface area contributed by atoms with Gasteiger partial charge >= 0.3 is 5.97 Å². The van der Waals surface area contributed by atoms with Crippen molar-refractivity contribution >= 4 is 11.7 Å². The zero-order valence-electron chi connectivity index (χ0n) is 8.43. The lowest BCUT2D eigenvalue weighted by Gasteiger charge is -2.13. The van der Waals surface area contributed by atoms with Gasteiger partial charge in [-0.15, -0.1) is 0 Å². The fraction of sp³-hybridized carbons (Fsp3) is 0.300. The normalized spacial score (nSPS) is 12.2. The van der Waals surface area contributed by atoms with E-state index in [4.69, 9.17) is 5.11 Å². The second-order valence-electron chi connectivity index (χ2n) is 3.37. The van der Waals surface area contributed by atoms with Crippen LogP contribution >= 0.6 is 0 Å². The minimum atomic E-state index is -1.58. The van der Waals surface area contributed by atoms with Crippen LogP contribution in [0.4, 0.5) is 18.9 Å². The summed E-state index contributed by atoms with van der Waals surface area (Å²) < 4.78 is 38.5. The van der Waals surface area contributed by atoms with Gasteiger partial charge in [-0.3, -0.25) is 4.79 Å². The Hall–Kier alpha value is -1.72. The summed E-state index contributed by atoms with van der Waals surface area (Å²) in [4.78, 5) is 10.3. The largest absolute Gasteiger partial charge is 0.481 e. The molecule has 1 aromatic rings. The standard InChI is InChI=1S/C10H10F3NO2/c1-5(4-8(15)16)14-7-3-2-6(11)9(12)10(7)13/h2-3,5,14H,4H2,1H3,(H,15,16). The van der Waals surface area contributed by atoms with Gasteiger partial charge in [0.15, 0.2) is 17.5 Å². The van der Waals surface area contributed by atoms with Crippen molar-refractivity contribution in [1.29, 1.82) is 0 Å². The fourth-order valence-corrected chi connectivity index (χ4v) is 1.22. The van der Waals surface area contributed by atoms with Crippen molar-refractivity contribution in [3.8, 4) is 0 Å². The number of benzene rings is 1. The third-order valence-corrected chi connectivity index (χ3v) is 1.92. The minimum absolute atomic E-state index is 0.252. The van der Waals surface area contributed by atoms with E-state index >= 15 is 0 Å². The van der Waals surface area contributed by atoms with Crippen LogP contribution in [-0.2, 0) is 4.79 Å². The maximum absolute atomic E-state index is 13.1. The van der Waals surface area contributed by atoms with Crippen molar-refractivity contribution in [1.82, 2.24) is 0 Å². The molecule has 0 bridgehead atoms. The summed E-state index contributed by atoms with van der Waals surface area (Å²) in [6.45, 7) is 1.49. The molecule has 0 spiro atoms. The molecule has 3 nitrogen and oxygen atoms in total. The molecule has 0 amide bonds. The predicted octanol–water partition coefficient (Wildman–Crippen LogP) is 2.38. The van der Waals surface area contributed by atoms with Crippen molar-refractivity contribution < 1.29 is 23.1 Å². The van der Waals surface area contributed by atoms with Gasteiger partial charge in [-0.2, -0.15) is 0 Å². The highest BCUT2D eigenvalue weighted by Gasteiger charge is 2.15. The third-order valence-electron chi connectivity index (χ3n) is 1.92. The van der Waals surface area contributed by atoms with Gasteiger partial charge in [0.05, 0.1) is 12.1 Å². The minimum Gasteiger partial charge on any atom is -0.481 e. The molecule has 16 heavy (non-hydrogen) atoms. The summed E-state index contributed by atoms with van der Waals surface area (Å²) in [6.07, 6.45) is -0.252. The van der Waals surface area contributed by atoms with Crippen molar-refractivity contribution in [2.24, 2.45) is 0 Å². The zero-order valence-corrected chi connectivity index (χ0v) is 8.43. The number of carboxylic acids is 1. The second kappa shape index (κ2) is 4.87. The van der Waals surface area contributed by atoms with E-state index < -0.39 is 29.5 Å². The highest BCUT2D eigenvalue weighted by molar-refractivity contribution is 5.68. The number of carbonyl (C=O) groups is 1. The Morgan fingerprint density at radius 2 is 2.00 bits per heavy atom. The number of hydrogen-bond acceptors (Lipinski definition) is 2. The molecule has 1 aromatic carbocycles. The van der Waals surface area contributed by atoms with E-state index in [0.717, 1.165) is 12.1 Å². The molecule has 0 fully saturated rings. The smallest absolute Gasteiger partial charge is 0.305 e. The molecule has 1 rings (SSSR count). The van der Waals surface area contributed by atoms with Crippen LogP contribution in [0.25, 0.3) is 0 Å². The maximum Gasteiger partial charge on any atom is 0.305 e. The molecule has 0 heterocycles. The second-order valence-corrected chi connectivity index (χ2v) is 3.37. The SMILES string of the molecule is CC(CC(=O)O)Nc1ccc(F)c(F)c1F. The number of halogens is 3. The Labute approximate surface area is 89.9 Å². The quantitative estimate of drug-likeness (QED) is 0.785. The molecule has 1 unspecified atom stereocenters. The number of nitrogens with one attached hydrogen (secondary N) is 1. The number of carboxylic acid groups (broad SMARTS) is 1. The number of hydrogen-bond donors (Lipinski definition) is 2. The monoisotopic (exact) mass is 233 g/mol. The van der Waals surface area contributed by atoms with Crippen LogP contribution in [-0.4, -0.2) is 17.1 Å². The van der Waals surface area contributed by atoms with Crippen molar-refractivity contribution in [2.45, 2.75) is 19.4 Å². The number of aliphatic carboxylic acids is 1. The summed E-state index contributed by atoms with van der Waals surface area (Å²) in [5.74, 6) is -5.28. The van der Waals surface area contributed by atoms with Crippen molar-refractivity contribution in [3.05, 3.63) is 29.6 Å². The average molecular weight is 233 g/mol. The fourth-order valence-electron chi connectivity index (χ4n) is 1.22. The van der Waals surface area contributed by atoms with Crippen LogP contribution in [0.15, 0.2) is 12.1 Å². The van der Waals surface area contributed by atoms with Gasteiger partial charge in [-0.1, -0.05) is 0 Å². The highest BCUT2D eigenvalue weighted by atomic mass is 19.2. The predicted molar refractivity (Wildman–Crippen MR) is 51.7 cm³/mol. The summed E-state index contributed by atoms with van der Waals surface area (Å²) in [7, 11) is 0. The van der Waals surface area contributed by atoms with Gasteiger partial charge in [0.25, 0.3) is 0 Å². The van der Waals surface area contributed by atoms with Gasteiger partial charge in [0.2, 0.25) is 0 Å². The zero-order chi connectivity index (χ0) is 12.3. The van der Waals surface area contributed by atoms with Crippen LogP contribution < -0.4 is 5.32 Å². The van der Waals surface area contributed by atoms with E-state index in [0.29, 0.717) is 0 Å². The Bertz CT molecular complexity index is 409. The summed E-state index contributed by atoms with van der Waals surface area (Å²) in [5, 5.41) is 10.9. The highest BCUT2D eigenvalue weighted by Crippen LogP contribution is 2.20. The first kappa shape index (κ1) is 12.4. The Morgan fingerprint density at radius 3 is 2.56 bits per heavy atom. The molecule has 0 aliphatic heterocycles. The molecule has 0 aromatic heterocycles. The third kappa shape index (κ3) is 2.88. The molecule has 2 N–H and O–H groups in total. The Balaban J connectivity index is 2.82. The maximum atomic E-state index is 13.1. The van der Waals surface area contributed by atoms with Gasteiger partial charge in [-0.05, 0) is 19.1 Å². The first-order valence-corrected chi connectivity index (χ1v) is 4.53. The first-order valence-electron chi connectivity index (χ1n) is 4.53. The van der Waals surface area contributed by atoms with Gasteiger partial charge in [-0.25, -0.2) is 13.2 Å². The molecule has 88 valence electrons. The molecule has 0 aliphatic carbocycles. The summed E-state index contributed by atoms with van der Waals surface area (Å²) in [6, 6.07) is 1.21. The van der Waals surface area contributed by atoms with Crippen LogP contribution in [0.3, 0.4) is 0 Å². The first-order chi connectivity index (χ1) is 7.41. The van der Waals surface area contributed by atoms with E-state index in [1.54, 1.807) is 0 Å². The molecule has 0 saturated heterocycles. The molecule has 0 aliphatic rings. The lowest BCUT2D eigenvalue weighted by atomic mass is 10.2. The van der Waals surface area contributed by atoms with Crippen molar-refractivity contribution in [3.63, 3.8) is 0 Å². The lowest BCUT2D eigenvalue weighted by Crippen LogP contribution is -2.20. The van der Waals surface area contributed by atoms with E-state index in [9.17, 15) is 18.0 Å². The lowest BCUT2D eigenvalue weighted by molar-refractivity contribution is -0.137. The molecule has 0 radical (unpaired) electrons.